The molecule has 1 saturated heterocycles. The van der Waals surface area contributed by atoms with Crippen molar-refractivity contribution < 1.29 is 19.1 Å². The van der Waals surface area contributed by atoms with Crippen LogP contribution in [0, 0.1) is 5.92 Å². The zero-order chi connectivity index (χ0) is 31.3. The highest BCUT2D eigenvalue weighted by atomic mass is 16.6. The lowest BCUT2D eigenvalue weighted by Crippen LogP contribution is -2.57. The fourth-order valence-electron chi connectivity index (χ4n) is 5.99. The molecule has 0 radical (unpaired) electrons. The lowest BCUT2D eigenvalue weighted by molar-refractivity contribution is -0.0231. The number of nitrogens with zero attached hydrogens (tertiary/aromatic N) is 6. The predicted octanol–water partition coefficient (Wildman–Crippen LogP) is 5.16. The summed E-state index contributed by atoms with van der Waals surface area (Å²) in [5.41, 5.74) is 4.44. The number of amides is 2. The topological polar surface area (TPSA) is 107 Å². The van der Waals surface area contributed by atoms with E-state index in [0.717, 1.165) is 46.7 Å². The van der Waals surface area contributed by atoms with E-state index in [9.17, 15) is 9.59 Å². The third-order valence-electron chi connectivity index (χ3n) is 8.49. The summed E-state index contributed by atoms with van der Waals surface area (Å²) in [4.78, 5) is 36.4. The van der Waals surface area contributed by atoms with Crippen molar-refractivity contribution in [2.24, 2.45) is 13.0 Å². The molecule has 234 valence electrons. The van der Waals surface area contributed by atoms with Crippen LogP contribution in [-0.4, -0.2) is 80.0 Å². The number of benzene rings is 1. The van der Waals surface area contributed by atoms with Crippen LogP contribution in [0.25, 0.3) is 33.6 Å². The van der Waals surface area contributed by atoms with Crippen LogP contribution >= 0.6 is 0 Å². The summed E-state index contributed by atoms with van der Waals surface area (Å²) in [5, 5.41) is 7.58. The van der Waals surface area contributed by atoms with Gasteiger partial charge in [0.2, 0.25) is 0 Å². The summed E-state index contributed by atoms with van der Waals surface area (Å²) in [5.74, 6) is 1.84. The molecule has 4 aromatic rings. The zero-order valence-electron chi connectivity index (χ0n) is 26.8. The molecule has 2 amide bonds. The van der Waals surface area contributed by atoms with Gasteiger partial charge in [-0.3, -0.25) is 9.80 Å². The molecule has 11 heteroatoms. The number of fused-ring (bicyclic) bond motifs is 2. The van der Waals surface area contributed by atoms with Crippen LogP contribution in [0.5, 0.6) is 5.75 Å². The van der Waals surface area contributed by atoms with E-state index in [2.05, 4.69) is 39.6 Å². The number of hydrogen-bond acceptors (Lipinski definition) is 7. The highest BCUT2D eigenvalue weighted by Crippen LogP contribution is 2.37. The number of alkyl carbamates (subject to hydrolysis) is 1. The Bertz CT molecular complexity index is 1730. The van der Waals surface area contributed by atoms with E-state index in [1.165, 1.54) is 12.8 Å². The van der Waals surface area contributed by atoms with Crippen molar-refractivity contribution in [1.29, 1.82) is 0 Å². The van der Waals surface area contributed by atoms with Gasteiger partial charge in [0.05, 0.1) is 30.9 Å². The van der Waals surface area contributed by atoms with Gasteiger partial charge >= 0.3 is 6.09 Å². The SMILES string of the molecule is CCc1ccc2cc(-c3nc4cc(C(=O)N5CC(NC(=O)OC(C)(C)C)CCN5C)cc(OC)c4n3C)n(CC3CC3)c2n1. The average molecular weight is 602 g/mol. The maximum absolute atomic E-state index is 13.9. The fraction of sp³-hybridized carbons (Fsp3) is 0.515. The maximum Gasteiger partial charge on any atom is 0.407 e. The molecule has 4 heterocycles. The third-order valence-corrected chi connectivity index (χ3v) is 8.49. The molecule has 1 saturated carbocycles. The van der Waals surface area contributed by atoms with Crippen LogP contribution in [0.15, 0.2) is 30.3 Å². The van der Waals surface area contributed by atoms with E-state index in [4.69, 9.17) is 19.4 Å². The molecule has 1 aliphatic carbocycles. The number of imidazole rings is 1. The summed E-state index contributed by atoms with van der Waals surface area (Å²) >= 11 is 0. The second kappa shape index (κ2) is 11.4. The number of hydrazine groups is 1. The molecule has 1 atom stereocenters. The molecule has 3 aromatic heterocycles. The van der Waals surface area contributed by atoms with Crippen molar-refractivity contribution in [1.82, 2.24) is 34.4 Å². The molecule has 1 N–H and O–H groups in total. The van der Waals surface area contributed by atoms with Gasteiger partial charge in [-0.2, -0.15) is 0 Å². The van der Waals surface area contributed by atoms with Crippen molar-refractivity contribution in [3.8, 4) is 17.3 Å². The Kier molecular flexibility index (Phi) is 7.77. The number of methoxy groups -OCH3 is 1. The molecule has 1 aromatic carbocycles. The van der Waals surface area contributed by atoms with Gasteiger partial charge in [-0.1, -0.05) is 6.92 Å². The molecule has 0 spiro atoms. The van der Waals surface area contributed by atoms with E-state index in [-0.39, 0.29) is 11.9 Å². The quantitative estimate of drug-likeness (QED) is 0.312. The molecule has 44 heavy (non-hydrogen) atoms. The highest BCUT2D eigenvalue weighted by molar-refractivity contribution is 6.00. The van der Waals surface area contributed by atoms with Crippen LogP contribution < -0.4 is 10.1 Å². The molecule has 0 bridgehead atoms. The summed E-state index contributed by atoms with van der Waals surface area (Å²) in [7, 11) is 5.49. The number of carbonyl (C=O) groups excluding carboxylic acids is 2. The van der Waals surface area contributed by atoms with E-state index >= 15 is 0 Å². The van der Waals surface area contributed by atoms with Gasteiger partial charge in [-0.15, -0.1) is 0 Å². The van der Waals surface area contributed by atoms with Gasteiger partial charge in [0.1, 0.15) is 22.5 Å². The summed E-state index contributed by atoms with van der Waals surface area (Å²) in [6.07, 6.45) is 3.56. The summed E-state index contributed by atoms with van der Waals surface area (Å²) in [6.45, 7) is 9.46. The molecule has 2 aliphatic rings. The number of pyridine rings is 1. The molecular formula is C33H43N7O4. The monoisotopic (exact) mass is 601 g/mol. The first-order valence-corrected chi connectivity index (χ1v) is 15.5. The average Bonchev–Trinajstić information content (AvgIpc) is 3.65. The number of ether oxygens (including phenoxy) is 2. The van der Waals surface area contributed by atoms with Crippen LogP contribution in [-0.2, 0) is 24.8 Å². The van der Waals surface area contributed by atoms with E-state index < -0.39 is 11.7 Å². The first kappa shape index (κ1) is 29.9. The first-order chi connectivity index (χ1) is 21.0. The Balaban J connectivity index is 1.35. The summed E-state index contributed by atoms with van der Waals surface area (Å²) in [6, 6.07) is 9.80. The van der Waals surface area contributed by atoms with Crippen LogP contribution in [0.2, 0.25) is 0 Å². The third kappa shape index (κ3) is 5.85. The van der Waals surface area contributed by atoms with Crippen LogP contribution in [0.1, 0.15) is 63.0 Å². The molecule has 1 aliphatic heterocycles. The minimum atomic E-state index is -0.597. The Morgan fingerprint density at radius 2 is 1.84 bits per heavy atom. The van der Waals surface area contributed by atoms with Gasteiger partial charge in [-0.25, -0.2) is 19.8 Å². The van der Waals surface area contributed by atoms with Crippen molar-refractivity contribution in [2.45, 2.75) is 71.6 Å². The van der Waals surface area contributed by atoms with Crippen molar-refractivity contribution in [3.05, 3.63) is 41.6 Å². The normalized spacial score (nSPS) is 17.8. The summed E-state index contributed by atoms with van der Waals surface area (Å²) < 4.78 is 15.6. The molecular weight excluding hydrogens is 558 g/mol. The fourth-order valence-corrected chi connectivity index (χ4v) is 5.99. The van der Waals surface area contributed by atoms with Gasteiger partial charge < -0.3 is 23.9 Å². The second-order valence-corrected chi connectivity index (χ2v) is 13.1. The standard InChI is InChI=1S/C33H43N7O4/c1-8-23-12-11-21-16-26(39(29(21)34-23)18-20-9-10-20)30-36-25-15-22(17-27(43-7)28(25)38(30)6)31(41)40-19-24(13-14-37(40)5)35-32(42)44-33(2,3)4/h11-12,15-17,20,24H,8-10,13-14,18-19H2,1-7H3,(H,35,42). The van der Waals surface area contributed by atoms with Crippen molar-refractivity contribution in [3.63, 3.8) is 0 Å². The number of hydrogen-bond donors (Lipinski definition) is 1. The smallest absolute Gasteiger partial charge is 0.407 e. The number of aromatic nitrogens is 4. The maximum atomic E-state index is 13.9. The van der Waals surface area contributed by atoms with Crippen molar-refractivity contribution >= 4 is 34.1 Å². The Morgan fingerprint density at radius 1 is 1.07 bits per heavy atom. The number of carbonyl (C=O) groups is 2. The van der Waals surface area contributed by atoms with E-state index in [0.29, 0.717) is 42.3 Å². The first-order valence-electron chi connectivity index (χ1n) is 15.5. The van der Waals surface area contributed by atoms with Crippen LogP contribution in [0.3, 0.4) is 0 Å². The minimum absolute atomic E-state index is 0.185. The zero-order valence-corrected chi connectivity index (χ0v) is 26.8. The lowest BCUT2D eigenvalue weighted by atomic mass is 10.1. The molecule has 6 rings (SSSR count). The Labute approximate surface area is 258 Å². The second-order valence-electron chi connectivity index (χ2n) is 13.1. The molecule has 1 unspecified atom stereocenters. The molecule has 2 fully saturated rings. The van der Waals surface area contributed by atoms with E-state index in [1.807, 2.05) is 45.9 Å². The number of nitrogens with one attached hydrogen (secondary N) is 1. The number of rotatable bonds is 7. The van der Waals surface area contributed by atoms with E-state index in [1.54, 1.807) is 18.2 Å². The Hall–Kier alpha value is -4.12. The largest absolute Gasteiger partial charge is 0.494 e. The molecule has 11 nitrogen and oxygen atoms in total. The van der Waals surface area contributed by atoms with Gasteiger partial charge in [0.25, 0.3) is 5.91 Å². The number of aryl methyl sites for hydroxylation is 2. The van der Waals surface area contributed by atoms with Gasteiger partial charge in [-0.05, 0) is 82.7 Å². The highest BCUT2D eigenvalue weighted by Gasteiger charge is 2.32. The van der Waals surface area contributed by atoms with Gasteiger partial charge in [0.15, 0.2) is 5.82 Å². The van der Waals surface area contributed by atoms with Crippen molar-refractivity contribution in [2.75, 3.05) is 27.2 Å². The van der Waals surface area contributed by atoms with Crippen LogP contribution in [0.4, 0.5) is 4.79 Å². The predicted molar refractivity (Wildman–Crippen MR) is 170 cm³/mol. The Morgan fingerprint density at radius 3 is 2.52 bits per heavy atom. The van der Waals surface area contributed by atoms with Gasteiger partial charge in [0, 0.05) is 43.8 Å². The lowest BCUT2D eigenvalue weighted by Gasteiger charge is -2.40. The minimum Gasteiger partial charge on any atom is -0.494 e.